The Bertz CT molecular complexity index is 1160. The lowest BCUT2D eigenvalue weighted by Crippen LogP contribution is -2.15. The van der Waals surface area contributed by atoms with Crippen molar-refractivity contribution in [2.75, 3.05) is 7.11 Å². The van der Waals surface area contributed by atoms with Gasteiger partial charge in [0.15, 0.2) is 0 Å². The molecule has 0 unspecified atom stereocenters. The van der Waals surface area contributed by atoms with Crippen LogP contribution in [0.15, 0.2) is 60.7 Å². The van der Waals surface area contributed by atoms with Crippen LogP contribution in [0.4, 0.5) is 4.39 Å². The van der Waals surface area contributed by atoms with Gasteiger partial charge in [-0.25, -0.2) is 4.39 Å². The maximum Gasteiger partial charge on any atom is 0.303 e. The largest absolute Gasteiger partial charge is 0.497 e. The van der Waals surface area contributed by atoms with Crippen molar-refractivity contribution < 1.29 is 23.8 Å². The summed E-state index contributed by atoms with van der Waals surface area (Å²) >= 11 is 0. The number of hydrogen-bond donors (Lipinski definition) is 1. The lowest BCUT2D eigenvalue weighted by Gasteiger charge is -2.26. The number of aliphatic carboxylic acids is 1. The summed E-state index contributed by atoms with van der Waals surface area (Å²) in [7, 11) is 1.57. The van der Waals surface area contributed by atoms with E-state index in [0.717, 1.165) is 22.3 Å². The Morgan fingerprint density at radius 2 is 1.68 bits per heavy atom. The molecule has 0 radical (unpaired) electrons. The van der Waals surface area contributed by atoms with Gasteiger partial charge in [0.1, 0.15) is 23.4 Å². The van der Waals surface area contributed by atoms with Gasteiger partial charge in [-0.05, 0) is 70.8 Å². The van der Waals surface area contributed by atoms with Crippen LogP contribution in [-0.2, 0) is 10.2 Å². The zero-order valence-electron chi connectivity index (χ0n) is 20.7. The SMILES string of the molecule is COc1ccc(F)c(-c2ccc([C@H](C)Oc3cccc([C@@H](C)CC(=O)O)c3)cc2C(C)(C)C)c1. The van der Waals surface area contributed by atoms with Gasteiger partial charge in [-0.3, -0.25) is 4.79 Å². The van der Waals surface area contributed by atoms with Crippen molar-refractivity contribution in [3.63, 3.8) is 0 Å². The third-order valence-corrected chi connectivity index (χ3v) is 6.01. The van der Waals surface area contributed by atoms with E-state index in [-0.39, 0.29) is 29.7 Å². The van der Waals surface area contributed by atoms with Crippen LogP contribution in [0.3, 0.4) is 0 Å². The van der Waals surface area contributed by atoms with Gasteiger partial charge in [0.05, 0.1) is 13.5 Å². The molecule has 0 bridgehead atoms. The summed E-state index contributed by atoms with van der Waals surface area (Å²) in [5, 5.41) is 9.09. The van der Waals surface area contributed by atoms with Crippen molar-refractivity contribution in [2.45, 2.75) is 58.5 Å². The van der Waals surface area contributed by atoms with Gasteiger partial charge in [0.2, 0.25) is 0 Å². The van der Waals surface area contributed by atoms with E-state index in [1.807, 2.05) is 50.2 Å². The summed E-state index contributed by atoms with van der Waals surface area (Å²) in [4.78, 5) is 11.1. The van der Waals surface area contributed by atoms with Crippen molar-refractivity contribution in [1.82, 2.24) is 0 Å². The Labute approximate surface area is 201 Å². The molecule has 0 spiro atoms. The number of carboxylic acid groups (broad SMARTS) is 1. The molecule has 0 heterocycles. The van der Waals surface area contributed by atoms with E-state index < -0.39 is 5.97 Å². The van der Waals surface area contributed by atoms with Crippen molar-refractivity contribution in [1.29, 1.82) is 0 Å². The summed E-state index contributed by atoms with van der Waals surface area (Å²) in [6, 6.07) is 18.3. The molecule has 0 aliphatic carbocycles. The lowest BCUT2D eigenvalue weighted by molar-refractivity contribution is -0.137. The van der Waals surface area contributed by atoms with Gasteiger partial charge in [0.25, 0.3) is 0 Å². The van der Waals surface area contributed by atoms with Gasteiger partial charge in [-0.2, -0.15) is 0 Å². The Morgan fingerprint density at radius 1 is 0.941 bits per heavy atom. The van der Waals surface area contributed by atoms with E-state index in [4.69, 9.17) is 14.6 Å². The molecule has 180 valence electrons. The fourth-order valence-corrected chi connectivity index (χ4v) is 4.05. The smallest absolute Gasteiger partial charge is 0.303 e. The molecule has 4 nitrogen and oxygen atoms in total. The molecule has 0 aliphatic rings. The monoisotopic (exact) mass is 464 g/mol. The molecule has 3 aromatic carbocycles. The molecule has 0 amide bonds. The molecule has 0 saturated heterocycles. The van der Waals surface area contributed by atoms with Gasteiger partial charge in [-0.1, -0.05) is 58.0 Å². The normalized spacial score (nSPS) is 13.3. The van der Waals surface area contributed by atoms with Crippen LogP contribution in [-0.4, -0.2) is 18.2 Å². The second kappa shape index (κ2) is 10.3. The second-order valence-electron chi connectivity index (χ2n) is 9.73. The Balaban J connectivity index is 1.94. The molecular weight excluding hydrogens is 431 g/mol. The van der Waals surface area contributed by atoms with Crippen molar-refractivity contribution in [3.05, 3.63) is 83.2 Å². The Morgan fingerprint density at radius 3 is 2.32 bits per heavy atom. The zero-order valence-corrected chi connectivity index (χ0v) is 20.7. The van der Waals surface area contributed by atoms with Crippen LogP contribution in [0.1, 0.15) is 69.8 Å². The molecule has 3 aromatic rings. The van der Waals surface area contributed by atoms with E-state index in [2.05, 4.69) is 26.8 Å². The highest BCUT2D eigenvalue weighted by Crippen LogP contribution is 2.38. The third-order valence-electron chi connectivity index (χ3n) is 6.01. The number of carbonyl (C=O) groups is 1. The summed E-state index contributed by atoms with van der Waals surface area (Å²) < 4.78 is 26.3. The van der Waals surface area contributed by atoms with Crippen LogP contribution in [0, 0.1) is 5.82 Å². The summed E-state index contributed by atoms with van der Waals surface area (Å²) in [6.07, 6.45) is -0.189. The highest BCUT2D eigenvalue weighted by molar-refractivity contribution is 5.71. The van der Waals surface area contributed by atoms with Crippen molar-refractivity contribution in [3.8, 4) is 22.6 Å². The maximum atomic E-state index is 14.8. The fourth-order valence-electron chi connectivity index (χ4n) is 4.05. The van der Waals surface area contributed by atoms with Crippen molar-refractivity contribution >= 4 is 5.97 Å². The summed E-state index contributed by atoms with van der Waals surface area (Å²) in [6.45, 7) is 10.2. The number of hydrogen-bond acceptors (Lipinski definition) is 3. The number of benzene rings is 3. The van der Waals surface area contributed by atoms with E-state index >= 15 is 0 Å². The van der Waals surface area contributed by atoms with Gasteiger partial charge < -0.3 is 14.6 Å². The number of halogens is 1. The molecule has 5 heteroatoms. The highest BCUT2D eigenvalue weighted by Gasteiger charge is 2.23. The minimum absolute atomic E-state index is 0.0657. The average molecular weight is 465 g/mol. The third kappa shape index (κ3) is 5.96. The minimum Gasteiger partial charge on any atom is -0.497 e. The molecule has 0 aliphatic heterocycles. The van der Waals surface area contributed by atoms with Crippen molar-refractivity contribution in [2.24, 2.45) is 0 Å². The number of methoxy groups -OCH3 is 1. The Kier molecular flexibility index (Phi) is 7.65. The second-order valence-corrected chi connectivity index (χ2v) is 9.73. The number of rotatable bonds is 8. The molecule has 3 rings (SSSR count). The first kappa shape index (κ1) is 25.3. The first-order chi connectivity index (χ1) is 16.0. The predicted octanol–water partition coefficient (Wildman–Crippen LogP) is 7.52. The summed E-state index contributed by atoms with van der Waals surface area (Å²) in [5.41, 5.74) is 4.00. The number of carboxylic acids is 1. The molecular formula is C29H33FO4. The van der Waals surface area contributed by atoms with E-state index in [1.54, 1.807) is 19.2 Å². The zero-order chi connectivity index (χ0) is 25.0. The van der Waals surface area contributed by atoms with E-state index in [1.165, 1.54) is 6.07 Å². The maximum absolute atomic E-state index is 14.8. The van der Waals surface area contributed by atoms with Crippen LogP contribution in [0.5, 0.6) is 11.5 Å². The quantitative estimate of drug-likeness (QED) is 0.375. The standard InChI is InChI=1S/C29H33FO4/c1-18(14-28(31)32)20-8-7-9-23(15-20)34-19(2)21-10-12-24(26(16-21)29(3,4)5)25-17-22(33-6)11-13-27(25)30/h7-13,15-19H,14H2,1-6H3,(H,31,32)/t18-,19-/m0/s1. The van der Waals surface area contributed by atoms with E-state index in [0.29, 0.717) is 17.1 Å². The average Bonchev–Trinajstić information content (AvgIpc) is 2.78. The first-order valence-electron chi connectivity index (χ1n) is 11.5. The molecule has 1 N–H and O–H groups in total. The fraction of sp³-hybridized carbons (Fsp3) is 0.345. The number of ether oxygens (including phenoxy) is 2. The van der Waals surface area contributed by atoms with Crippen LogP contribution >= 0.6 is 0 Å². The summed E-state index contributed by atoms with van der Waals surface area (Å²) in [5.74, 6) is 0.0579. The Hall–Kier alpha value is -3.34. The van der Waals surface area contributed by atoms with Crippen LogP contribution in [0.2, 0.25) is 0 Å². The topological polar surface area (TPSA) is 55.8 Å². The minimum atomic E-state index is -0.825. The molecule has 34 heavy (non-hydrogen) atoms. The predicted molar refractivity (Wildman–Crippen MR) is 133 cm³/mol. The van der Waals surface area contributed by atoms with Crippen LogP contribution < -0.4 is 9.47 Å². The van der Waals surface area contributed by atoms with Gasteiger partial charge in [-0.15, -0.1) is 0 Å². The molecule has 0 saturated carbocycles. The van der Waals surface area contributed by atoms with E-state index in [9.17, 15) is 9.18 Å². The molecule has 0 aromatic heterocycles. The highest BCUT2D eigenvalue weighted by atomic mass is 19.1. The lowest BCUT2D eigenvalue weighted by atomic mass is 9.80. The van der Waals surface area contributed by atoms with Gasteiger partial charge >= 0.3 is 5.97 Å². The molecule has 2 atom stereocenters. The molecule has 0 fully saturated rings. The van der Waals surface area contributed by atoms with Gasteiger partial charge in [0, 0.05) is 5.56 Å². The first-order valence-corrected chi connectivity index (χ1v) is 11.5. The van der Waals surface area contributed by atoms with Crippen LogP contribution in [0.25, 0.3) is 11.1 Å².